The van der Waals surface area contributed by atoms with E-state index in [0.717, 1.165) is 0 Å². The van der Waals surface area contributed by atoms with Gasteiger partial charge in [0.05, 0.1) is 11.8 Å². The first-order valence-electron chi connectivity index (χ1n) is 2.74. The molecule has 0 aliphatic heterocycles. The van der Waals surface area contributed by atoms with Gasteiger partial charge in [0.2, 0.25) is 0 Å². The van der Waals surface area contributed by atoms with Crippen molar-refractivity contribution in [3.63, 3.8) is 0 Å². The third-order valence-electron chi connectivity index (χ3n) is 0.973. The molecule has 0 bridgehead atoms. The molecule has 0 aromatic carbocycles. The highest BCUT2D eigenvalue weighted by atomic mass is 31.2. The fraction of sp³-hybridized carbons (Fsp3) is 0.750. The maximum absolute atomic E-state index is 11.1. The molecule has 0 aromatic rings. The monoisotopic (exact) mass is 164 g/mol. The lowest BCUT2D eigenvalue weighted by Gasteiger charge is -2.10. The van der Waals surface area contributed by atoms with Crippen LogP contribution in [0.15, 0.2) is 0 Å². The van der Waals surface area contributed by atoms with Crippen LogP contribution in [0.25, 0.3) is 0 Å². The quantitative estimate of drug-likeness (QED) is 0.420. The van der Waals surface area contributed by atoms with Crippen molar-refractivity contribution < 1.29 is 18.4 Å². The minimum absolute atomic E-state index is 0.153. The summed E-state index contributed by atoms with van der Waals surface area (Å²) >= 11 is 0. The van der Waals surface area contributed by atoms with Crippen LogP contribution >= 0.6 is 7.60 Å². The predicted octanol–water partition coefficient (Wildman–Crippen LogP) is -0.368. The predicted molar refractivity (Wildman–Crippen MR) is 40.0 cm³/mol. The molecule has 0 fully saturated rings. The third kappa shape index (κ3) is 3.15. The molecular weight excluding hydrogens is 154 g/mol. The van der Waals surface area contributed by atoms with Crippen LogP contribution in [-0.4, -0.2) is 33.9 Å². The summed E-state index contributed by atoms with van der Waals surface area (Å²) in [5, 5.41) is 0. The van der Waals surface area contributed by atoms with E-state index in [1.54, 1.807) is 0 Å². The van der Waals surface area contributed by atoms with Gasteiger partial charge in [-0.3, -0.25) is 4.57 Å². The van der Waals surface area contributed by atoms with Crippen LogP contribution in [0, 0.1) is 0 Å². The zero-order valence-electron chi connectivity index (χ0n) is 6.29. The fourth-order valence-electron chi connectivity index (χ4n) is 0.476. The maximum atomic E-state index is 11.1. The molecule has 4 nitrogen and oxygen atoms in total. The summed E-state index contributed by atoms with van der Waals surface area (Å²) in [5.41, 5.74) is -0.202. The second-order valence-corrected chi connectivity index (χ2v) is 4.10. The zero-order valence-corrected chi connectivity index (χ0v) is 7.18. The van der Waals surface area contributed by atoms with Crippen molar-refractivity contribution in [1.82, 2.24) is 0 Å². The van der Waals surface area contributed by atoms with E-state index in [1.807, 2.05) is 0 Å². The molecule has 0 saturated heterocycles. The van der Waals surface area contributed by atoms with E-state index in [-0.39, 0.29) is 11.8 Å². The van der Waals surface area contributed by atoms with Gasteiger partial charge in [0, 0.05) is 14.2 Å². The molecule has 0 heterocycles. The molecular formula is C4H10BO4P. The first-order chi connectivity index (χ1) is 4.54. The highest BCUT2D eigenvalue weighted by Crippen LogP contribution is 2.45. The van der Waals surface area contributed by atoms with Crippen LogP contribution in [0.4, 0.5) is 0 Å². The van der Waals surface area contributed by atoms with Crippen LogP contribution in [0.5, 0.6) is 0 Å². The Kier molecular flexibility index (Phi) is 3.87. The van der Waals surface area contributed by atoms with Crippen molar-refractivity contribution in [3.8, 4) is 0 Å². The first-order valence-corrected chi connectivity index (χ1v) is 4.47. The molecule has 58 valence electrons. The van der Waals surface area contributed by atoms with E-state index < -0.39 is 7.60 Å². The van der Waals surface area contributed by atoms with Crippen LogP contribution in [0.1, 0.15) is 0 Å². The largest absolute Gasteiger partial charge is 0.336 e. The summed E-state index contributed by atoms with van der Waals surface area (Å²) in [6, 6.07) is 0. The molecule has 0 aliphatic carbocycles. The minimum atomic E-state index is -3.09. The van der Waals surface area contributed by atoms with Gasteiger partial charge in [0.1, 0.15) is 0 Å². The molecule has 0 spiro atoms. The second kappa shape index (κ2) is 3.91. The fourth-order valence-corrected chi connectivity index (χ4v) is 1.43. The summed E-state index contributed by atoms with van der Waals surface area (Å²) in [7, 11) is 0.766. The van der Waals surface area contributed by atoms with E-state index in [9.17, 15) is 9.36 Å². The number of carbonyl (C=O) groups is 1. The average Bonchev–Trinajstić information content (AvgIpc) is 1.87. The lowest BCUT2D eigenvalue weighted by molar-refractivity contribution is -0.109. The van der Waals surface area contributed by atoms with Crippen molar-refractivity contribution in [3.05, 3.63) is 0 Å². The molecule has 0 aliphatic rings. The molecule has 6 heteroatoms. The van der Waals surface area contributed by atoms with Crippen molar-refractivity contribution >= 4 is 21.1 Å². The molecule has 0 unspecified atom stereocenters. The molecule has 10 heavy (non-hydrogen) atoms. The van der Waals surface area contributed by atoms with E-state index in [1.165, 1.54) is 22.1 Å². The van der Waals surface area contributed by atoms with Gasteiger partial charge < -0.3 is 13.8 Å². The Labute approximate surface area is 60.8 Å². The van der Waals surface area contributed by atoms with Crippen LogP contribution in [0.3, 0.4) is 0 Å². The summed E-state index contributed by atoms with van der Waals surface area (Å²) < 4.78 is 20.1. The van der Waals surface area contributed by atoms with Gasteiger partial charge in [-0.15, -0.1) is 0 Å². The molecule has 0 aromatic heterocycles. The van der Waals surface area contributed by atoms with Gasteiger partial charge in [-0.25, -0.2) is 0 Å². The Hall–Kier alpha value is -0.115. The molecule has 0 saturated carbocycles. The van der Waals surface area contributed by atoms with Crippen LogP contribution in [-0.2, 0) is 18.4 Å². The van der Waals surface area contributed by atoms with Crippen LogP contribution < -0.4 is 0 Å². The minimum Gasteiger partial charge on any atom is -0.312 e. The van der Waals surface area contributed by atoms with Gasteiger partial charge in [-0.1, -0.05) is 0 Å². The Bertz CT molecular complexity index is 161. The van der Waals surface area contributed by atoms with E-state index in [0.29, 0.717) is 0 Å². The van der Waals surface area contributed by atoms with Crippen LogP contribution in [0.2, 0.25) is 0 Å². The number of rotatable bonds is 4. The van der Waals surface area contributed by atoms with Gasteiger partial charge in [0.25, 0.3) is 0 Å². The zero-order chi connectivity index (χ0) is 8.20. The average molecular weight is 164 g/mol. The second-order valence-electron chi connectivity index (χ2n) is 1.84. The maximum Gasteiger partial charge on any atom is 0.336 e. The molecule has 0 radical (unpaired) electrons. The molecule has 0 atom stereocenters. The topological polar surface area (TPSA) is 52.6 Å². The first kappa shape index (κ1) is 9.88. The van der Waals surface area contributed by atoms with E-state index in [2.05, 4.69) is 9.05 Å². The summed E-state index contributed by atoms with van der Waals surface area (Å²) in [6.45, 7) is 0. The number of hydrogen-bond donors (Lipinski definition) is 0. The summed E-state index contributed by atoms with van der Waals surface area (Å²) in [4.78, 5) is 10.4. The summed E-state index contributed by atoms with van der Waals surface area (Å²) in [6.07, 6.45) is -0.153. The molecule has 0 rings (SSSR count). The normalized spacial score (nSPS) is 11.4. The number of carbonyl (C=O) groups excluding carboxylic acids is 1. The standard InChI is InChI=1S/C4H10BO4P/c1-8-10(7,9-2)3-4(5)6/h3,5H2,1-2H3. The van der Waals surface area contributed by atoms with Crippen molar-refractivity contribution in [1.29, 1.82) is 0 Å². The SMILES string of the molecule is BC(=O)CP(=O)(OC)OC. The highest BCUT2D eigenvalue weighted by Gasteiger charge is 2.22. The Morgan fingerprint density at radius 2 is 1.90 bits per heavy atom. The van der Waals surface area contributed by atoms with Crippen molar-refractivity contribution in [2.45, 2.75) is 0 Å². The third-order valence-corrected chi connectivity index (χ3v) is 2.92. The molecule has 0 amide bonds. The van der Waals surface area contributed by atoms with E-state index >= 15 is 0 Å². The van der Waals surface area contributed by atoms with Gasteiger partial charge in [-0.05, 0) is 0 Å². The number of hydrogen-bond acceptors (Lipinski definition) is 4. The van der Waals surface area contributed by atoms with Gasteiger partial charge in [0.15, 0.2) is 7.85 Å². The molecule has 0 N–H and O–H groups in total. The van der Waals surface area contributed by atoms with Crippen molar-refractivity contribution in [2.75, 3.05) is 20.4 Å². The Balaban J connectivity index is 4.07. The van der Waals surface area contributed by atoms with Gasteiger partial charge in [-0.2, -0.15) is 0 Å². The van der Waals surface area contributed by atoms with Gasteiger partial charge >= 0.3 is 7.60 Å². The smallest absolute Gasteiger partial charge is 0.312 e. The lowest BCUT2D eigenvalue weighted by atomic mass is 10.1. The Morgan fingerprint density at radius 1 is 1.50 bits per heavy atom. The lowest BCUT2D eigenvalue weighted by Crippen LogP contribution is -2.06. The highest BCUT2D eigenvalue weighted by molar-refractivity contribution is 7.55. The van der Waals surface area contributed by atoms with E-state index in [4.69, 9.17) is 0 Å². The Morgan fingerprint density at radius 3 is 2.00 bits per heavy atom. The van der Waals surface area contributed by atoms with Crippen molar-refractivity contribution in [2.24, 2.45) is 0 Å². The summed E-state index contributed by atoms with van der Waals surface area (Å²) in [5.74, 6) is 0.